The minimum atomic E-state index is -4.62. The van der Waals surface area contributed by atoms with E-state index < -0.39 is 23.4 Å². The van der Waals surface area contributed by atoms with E-state index in [9.17, 15) is 18.0 Å². The lowest BCUT2D eigenvalue weighted by Gasteiger charge is -2.17. The first-order valence-electron chi connectivity index (χ1n) is 5.68. The van der Waals surface area contributed by atoms with Crippen molar-refractivity contribution in [3.8, 4) is 0 Å². The molecule has 2 unspecified atom stereocenters. The van der Waals surface area contributed by atoms with Gasteiger partial charge in [-0.2, -0.15) is 13.2 Å². The number of hydrogen-bond donors (Lipinski definition) is 0. The second-order valence-electron chi connectivity index (χ2n) is 3.78. The summed E-state index contributed by atoms with van der Waals surface area (Å²) in [5.41, 5.74) is 0. The van der Waals surface area contributed by atoms with Gasteiger partial charge in [-0.1, -0.05) is 11.8 Å². The van der Waals surface area contributed by atoms with E-state index >= 15 is 0 Å². The minimum Gasteiger partial charge on any atom is -0.465 e. The van der Waals surface area contributed by atoms with Crippen molar-refractivity contribution in [3.63, 3.8) is 0 Å². The molecule has 0 fully saturated rings. The molecule has 0 aromatic carbocycles. The van der Waals surface area contributed by atoms with Crippen LogP contribution in [0, 0.1) is 0 Å². The van der Waals surface area contributed by atoms with Crippen molar-refractivity contribution >= 4 is 22.8 Å². The van der Waals surface area contributed by atoms with Crippen LogP contribution in [-0.4, -0.2) is 45.1 Å². The second kappa shape index (κ2) is 5.78. The largest absolute Gasteiger partial charge is 0.465 e. The van der Waals surface area contributed by atoms with Crippen molar-refractivity contribution in [2.75, 3.05) is 6.61 Å². The summed E-state index contributed by atoms with van der Waals surface area (Å²) >= 11 is 0.677. The van der Waals surface area contributed by atoms with E-state index in [1.165, 1.54) is 25.4 Å². The number of ether oxygens (including phenoxy) is 1. The molecular formula is C11H10F3N3O2S. The maximum atomic E-state index is 12.9. The third-order valence-corrected chi connectivity index (χ3v) is 3.61. The van der Waals surface area contributed by atoms with Gasteiger partial charge in [0.2, 0.25) is 0 Å². The maximum Gasteiger partial charge on any atom is 0.412 e. The molecule has 0 amide bonds. The number of aromatic nitrogens is 2. The molecule has 9 heteroatoms. The Morgan fingerprint density at radius 3 is 2.60 bits per heavy atom. The predicted octanol–water partition coefficient (Wildman–Crippen LogP) is 1.83. The molecule has 1 aliphatic heterocycles. The topological polar surface area (TPSA) is 64.4 Å². The van der Waals surface area contributed by atoms with E-state index in [4.69, 9.17) is 0 Å². The molecule has 1 aromatic rings. The van der Waals surface area contributed by atoms with Crippen molar-refractivity contribution in [1.29, 1.82) is 0 Å². The average molecular weight is 305 g/mol. The molecular weight excluding hydrogens is 295 g/mol. The molecule has 0 aliphatic carbocycles. The van der Waals surface area contributed by atoms with Crippen molar-refractivity contribution < 1.29 is 22.7 Å². The van der Waals surface area contributed by atoms with Gasteiger partial charge in [0.05, 0.1) is 6.61 Å². The van der Waals surface area contributed by atoms with E-state index in [-0.39, 0.29) is 17.5 Å². The van der Waals surface area contributed by atoms with Gasteiger partial charge < -0.3 is 4.74 Å². The summed E-state index contributed by atoms with van der Waals surface area (Å²) in [6.45, 7) is 1.54. The molecule has 0 spiro atoms. The van der Waals surface area contributed by atoms with E-state index in [0.717, 1.165) is 0 Å². The highest BCUT2D eigenvalue weighted by molar-refractivity contribution is 8.15. The fraction of sp³-hybridized carbons (Fsp3) is 0.455. The van der Waals surface area contributed by atoms with Crippen LogP contribution in [-0.2, 0) is 9.53 Å². The molecule has 1 aromatic heterocycles. The van der Waals surface area contributed by atoms with Gasteiger partial charge in [0.15, 0.2) is 11.9 Å². The van der Waals surface area contributed by atoms with Gasteiger partial charge in [-0.05, 0) is 13.0 Å². The number of alkyl halides is 3. The monoisotopic (exact) mass is 305 g/mol. The molecule has 0 N–H and O–H groups in total. The Labute approximate surface area is 116 Å². The number of esters is 1. The maximum absolute atomic E-state index is 12.9. The molecule has 0 saturated carbocycles. The van der Waals surface area contributed by atoms with E-state index in [1.807, 2.05) is 0 Å². The molecule has 2 heterocycles. The average Bonchev–Trinajstić information content (AvgIpc) is 2.85. The van der Waals surface area contributed by atoms with Crippen molar-refractivity contribution in [1.82, 2.24) is 9.97 Å². The first-order chi connectivity index (χ1) is 9.43. The predicted molar refractivity (Wildman–Crippen MR) is 66.4 cm³/mol. The SMILES string of the molecule is CCOC(=O)C1SC(c2ncccn2)=NC1C(F)(F)F. The summed E-state index contributed by atoms with van der Waals surface area (Å²) in [5.74, 6) is -0.868. The Kier molecular flexibility index (Phi) is 4.26. The van der Waals surface area contributed by atoms with Gasteiger partial charge in [0.25, 0.3) is 0 Å². The number of nitrogens with zero attached hydrogens (tertiary/aromatic N) is 3. The van der Waals surface area contributed by atoms with Gasteiger partial charge in [-0.3, -0.25) is 9.79 Å². The number of thioether (sulfide) groups is 1. The highest BCUT2D eigenvalue weighted by Crippen LogP contribution is 2.38. The fourth-order valence-corrected chi connectivity index (χ4v) is 2.71. The van der Waals surface area contributed by atoms with Crippen LogP contribution in [0.2, 0.25) is 0 Å². The molecule has 20 heavy (non-hydrogen) atoms. The number of carbonyl (C=O) groups is 1. The second-order valence-corrected chi connectivity index (χ2v) is 4.91. The van der Waals surface area contributed by atoms with E-state index in [2.05, 4.69) is 19.7 Å². The molecule has 0 radical (unpaired) electrons. The smallest absolute Gasteiger partial charge is 0.412 e. The highest BCUT2D eigenvalue weighted by atomic mass is 32.2. The van der Waals surface area contributed by atoms with Crippen LogP contribution in [0.15, 0.2) is 23.5 Å². The number of rotatable bonds is 3. The Morgan fingerprint density at radius 1 is 1.40 bits per heavy atom. The molecule has 0 saturated heterocycles. The van der Waals surface area contributed by atoms with Crippen molar-refractivity contribution in [3.05, 3.63) is 24.3 Å². The van der Waals surface area contributed by atoms with Crippen LogP contribution in [0.3, 0.4) is 0 Å². The van der Waals surface area contributed by atoms with Gasteiger partial charge in [0.1, 0.15) is 10.3 Å². The Morgan fingerprint density at radius 2 is 2.05 bits per heavy atom. The minimum absolute atomic E-state index is 0.00835. The van der Waals surface area contributed by atoms with E-state index in [0.29, 0.717) is 11.8 Å². The van der Waals surface area contributed by atoms with Crippen molar-refractivity contribution in [2.45, 2.75) is 24.4 Å². The third-order valence-electron chi connectivity index (χ3n) is 2.39. The molecule has 2 atom stereocenters. The first kappa shape index (κ1) is 14.8. The molecule has 2 rings (SSSR count). The summed E-state index contributed by atoms with van der Waals surface area (Å²) in [6, 6.07) is -0.598. The zero-order valence-corrected chi connectivity index (χ0v) is 11.1. The number of halogens is 3. The van der Waals surface area contributed by atoms with Crippen molar-refractivity contribution in [2.24, 2.45) is 4.99 Å². The zero-order chi connectivity index (χ0) is 14.8. The lowest BCUT2D eigenvalue weighted by atomic mass is 10.2. The Bertz CT molecular complexity index is 521. The highest BCUT2D eigenvalue weighted by Gasteiger charge is 2.53. The number of hydrogen-bond acceptors (Lipinski definition) is 6. The van der Waals surface area contributed by atoms with Gasteiger partial charge in [-0.15, -0.1) is 0 Å². The van der Waals surface area contributed by atoms with Gasteiger partial charge >= 0.3 is 12.1 Å². The normalized spacial score (nSPS) is 22.5. The zero-order valence-electron chi connectivity index (χ0n) is 10.3. The van der Waals surface area contributed by atoms with Crippen LogP contribution in [0.1, 0.15) is 12.7 Å². The first-order valence-corrected chi connectivity index (χ1v) is 6.56. The molecule has 5 nitrogen and oxygen atoms in total. The summed E-state index contributed by atoms with van der Waals surface area (Å²) < 4.78 is 43.5. The quantitative estimate of drug-likeness (QED) is 0.797. The van der Waals surface area contributed by atoms with Crippen LogP contribution < -0.4 is 0 Å². The third kappa shape index (κ3) is 3.09. The molecule has 0 bridgehead atoms. The molecule has 1 aliphatic rings. The number of carbonyl (C=O) groups excluding carboxylic acids is 1. The summed E-state index contributed by atoms with van der Waals surface area (Å²) in [6.07, 6.45) is -1.83. The lowest BCUT2D eigenvalue weighted by Crippen LogP contribution is -2.39. The Balaban J connectivity index is 2.28. The van der Waals surface area contributed by atoms with Gasteiger partial charge in [-0.25, -0.2) is 9.97 Å². The van der Waals surface area contributed by atoms with E-state index in [1.54, 1.807) is 0 Å². The summed E-state index contributed by atoms with van der Waals surface area (Å²) in [4.78, 5) is 22.8. The fourth-order valence-electron chi connectivity index (χ4n) is 1.58. The standard InChI is InChI=1S/C11H10F3N3O2S/c1-2-19-10(18)6-7(11(12,13)14)17-9(20-6)8-15-4-3-5-16-8/h3-7H,2H2,1H3. The summed E-state index contributed by atoms with van der Waals surface area (Å²) in [7, 11) is 0. The van der Waals surface area contributed by atoms with Crippen LogP contribution in [0.4, 0.5) is 13.2 Å². The summed E-state index contributed by atoms with van der Waals surface area (Å²) in [5, 5.41) is -1.46. The van der Waals surface area contributed by atoms with Gasteiger partial charge in [0, 0.05) is 12.4 Å². The number of aliphatic imine (C=N–C) groups is 1. The van der Waals surface area contributed by atoms with Crippen LogP contribution in [0.5, 0.6) is 0 Å². The van der Waals surface area contributed by atoms with Crippen LogP contribution >= 0.6 is 11.8 Å². The van der Waals surface area contributed by atoms with Crippen LogP contribution in [0.25, 0.3) is 0 Å². The Hall–Kier alpha value is -1.64. The lowest BCUT2D eigenvalue weighted by molar-refractivity contribution is -0.161. The molecule has 108 valence electrons.